The lowest BCUT2D eigenvalue weighted by Gasteiger charge is -2.37. The van der Waals surface area contributed by atoms with E-state index in [-0.39, 0.29) is 60.7 Å². The van der Waals surface area contributed by atoms with Gasteiger partial charge in [-0.1, -0.05) is 34.8 Å². The topological polar surface area (TPSA) is 48.9 Å². The lowest BCUT2D eigenvalue weighted by Crippen LogP contribution is -2.41. The number of hydrogen-bond acceptors (Lipinski definition) is 8. The third-order valence-electron chi connectivity index (χ3n) is 14.0. The van der Waals surface area contributed by atoms with Gasteiger partial charge in [0.05, 0.1) is 26.7 Å². The van der Waals surface area contributed by atoms with E-state index in [1.54, 1.807) is 49.6 Å². The normalized spacial score (nSPS) is 11.5. The summed E-state index contributed by atoms with van der Waals surface area (Å²) >= 11 is 24.0. The fourth-order valence-electron chi connectivity index (χ4n) is 8.43. The number of nitrogens with zero attached hydrogens (tertiary/aromatic N) is 6. The summed E-state index contributed by atoms with van der Waals surface area (Å²) in [5.74, 6) is 0.263. The van der Waals surface area contributed by atoms with E-state index in [2.05, 4.69) is 239 Å². The van der Waals surface area contributed by atoms with E-state index >= 15 is 0 Å². The minimum atomic E-state index is -0.370. The molecule has 6 rings (SSSR count). The summed E-state index contributed by atoms with van der Waals surface area (Å²) in [6.07, 6.45) is 0. The van der Waals surface area contributed by atoms with Gasteiger partial charge in [0.1, 0.15) is 29.0 Å². The van der Waals surface area contributed by atoms with Crippen molar-refractivity contribution in [2.24, 2.45) is 0 Å². The van der Waals surface area contributed by atoms with Gasteiger partial charge in [-0.25, -0.2) is 13.2 Å². The molecule has 1 N–H and O–H groups in total. The van der Waals surface area contributed by atoms with Crippen molar-refractivity contribution in [3.05, 3.63) is 163 Å². The van der Waals surface area contributed by atoms with Gasteiger partial charge in [-0.15, -0.1) is 0 Å². The highest BCUT2D eigenvalue weighted by atomic mass is 79.9. The third-order valence-corrected chi connectivity index (χ3v) is 16.5. The van der Waals surface area contributed by atoms with E-state index in [0.717, 1.165) is 63.3 Å². The lowest BCUT2D eigenvalue weighted by molar-refractivity contribution is 0.414. The Labute approximate surface area is 550 Å². The van der Waals surface area contributed by atoms with Crippen LogP contribution >= 0.6 is 66.7 Å². The highest BCUT2D eigenvalue weighted by Crippen LogP contribution is 2.33. The van der Waals surface area contributed by atoms with Crippen LogP contribution in [0.2, 0.25) is 15.1 Å². The number of ether oxygens (including phenoxy) is 1. The number of hydrogen-bond donors (Lipinski definition) is 1. The van der Waals surface area contributed by atoms with Gasteiger partial charge in [-0.2, -0.15) is 0 Å². The van der Waals surface area contributed by atoms with Gasteiger partial charge >= 0.3 is 0 Å². The first-order valence-electron chi connectivity index (χ1n) is 29.0. The molecule has 6 aromatic carbocycles. The predicted molar refractivity (Wildman–Crippen MR) is 380 cm³/mol. The highest BCUT2D eigenvalue weighted by molar-refractivity contribution is 9.10. The van der Waals surface area contributed by atoms with Gasteiger partial charge < -0.3 is 39.2 Å². The quantitative estimate of drug-likeness (QED) is 0.146. The Kier molecular flexibility index (Phi) is 31.7. The van der Waals surface area contributed by atoms with Crippen LogP contribution in [0.15, 0.2) is 130 Å². The second kappa shape index (κ2) is 34.3. The molecule has 0 aliphatic carbocycles. The van der Waals surface area contributed by atoms with Crippen molar-refractivity contribution in [1.82, 2.24) is 0 Å². The van der Waals surface area contributed by atoms with Gasteiger partial charge in [-0.3, -0.25) is 0 Å². The molecule has 480 valence electrons. The second-order valence-electron chi connectivity index (χ2n) is 26.5. The smallest absolute Gasteiger partial charge is 0.143 e. The van der Waals surface area contributed by atoms with Crippen molar-refractivity contribution >= 4 is 101 Å². The van der Waals surface area contributed by atoms with E-state index in [9.17, 15) is 13.2 Å². The second-order valence-corrected chi connectivity index (χ2v) is 29.5. The summed E-state index contributed by atoms with van der Waals surface area (Å²) in [7, 11) is 7.90. The molecule has 6 aromatic rings. The van der Waals surface area contributed by atoms with Crippen molar-refractivity contribution in [2.45, 2.75) is 179 Å². The Morgan fingerprint density at radius 1 is 0.372 bits per heavy atom. The van der Waals surface area contributed by atoms with Crippen LogP contribution in [0.5, 0.6) is 11.5 Å². The van der Waals surface area contributed by atoms with Crippen molar-refractivity contribution in [3.8, 4) is 11.5 Å². The predicted octanol–water partition coefficient (Wildman–Crippen LogP) is 22.3. The van der Waals surface area contributed by atoms with E-state index in [0.29, 0.717) is 10.2 Å². The molecule has 0 bridgehead atoms. The zero-order valence-corrected chi connectivity index (χ0v) is 61.7. The monoisotopic (exact) mass is 1380 g/mol. The molecule has 16 heteroatoms. The zero-order chi connectivity index (χ0) is 66.7. The molecule has 0 unspecified atom stereocenters. The SMILES string of the molecule is CCN(c1ccc(Br)c(F)c1)C(C)(C)C.CCN(c1ccc(Cl)c(F)c1)C(C)(C)C.CCN(c1ccc(F)c(Cl)c1)C(C)(C)C.CN(c1ccc(Br)c(Cl)c1)C(C)(C)C.CN(c1ccc(O)cc1)C(C)(C)C.COc1ccc(N(C)C(C)(C)C)cc1. The number of phenolic OH excluding ortho intramolecular Hbond substituents is 1. The minimum Gasteiger partial charge on any atom is -0.508 e. The van der Waals surface area contributed by atoms with Gasteiger partial charge in [0.25, 0.3) is 0 Å². The number of halogens is 8. The molecule has 0 saturated heterocycles. The van der Waals surface area contributed by atoms with Gasteiger partial charge in [-0.05, 0) is 299 Å². The summed E-state index contributed by atoms with van der Waals surface area (Å²) in [5, 5.41) is 10.2. The van der Waals surface area contributed by atoms with Crippen LogP contribution in [0.4, 0.5) is 47.3 Å². The van der Waals surface area contributed by atoms with E-state index < -0.39 is 0 Å². The number of rotatable bonds is 10. The van der Waals surface area contributed by atoms with Crippen LogP contribution in [0, 0.1) is 17.5 Å². The van der Waals surface area contributed by atoms with Crippen LogP contribution in [-0.4, -0.2) is 86.2 Å². The zero-order valence-electron chi connectivity index (χ0n) is 56.2. The third kappa shape index (κ3) is 26.6. The van der Waals surface area contributed by atoms with Crippen molar-refractivity contribution in [1.29, 1.82) is 0 Å². The molecule has 0 atom stereocenters. The van der Waals surface area contributed by atoms with Crippen molar-refractivity contribution in [3.63, 3.8) is 0 Å². The molecule has 0 radical (unpaired) electrons. The molecule has 0 heterocycles. The Bertz CT molecular complexity index is 2800. The summed E-state index contributed by atoms with van der Waals surface area (Å²) in [5.41, 5.74) is 6.56. The standard InChI is InChI=1S/C12H17BrFN.2C12H17ClFN.C12H19NO.C11H15BrClN.C11H17NO/c1-5-15(12(2,3)4)9-6-7-10(13)11(14)8-9;1-5-15(12(2,3)4)9-6-7-11(14)10(13)8-9;1-5-15(12(2,3)4)9-6-7-10(13)11(14)8-9;1-12(2,3)13(4)10-6-8-11(14-5)9-7-10;1-11(2,3)14(4)8-5-6-9(12)10(13)7-8;1-11(2,3)12(4)9-5-7-10(13)8-6-9/h3*6-8H,5H2,1-4H3;6-9H,1-5H3;5-7H,1-4H3;5-8,13H,1-4H3. The maximum atomic E-state index is 13.4. The largest absolute Gasteiger partial charge is 0.508 e. The molecule has 0 fully saturated rings. The number of methoxy groups -OCH3 is 1. The molecule has 8 nitrogen and oxygen atoms in total. The van der Waals surface area contributed by atoms with E-state index in [1.807, 2.05) is 55.6 Å². The fourth-order valence-corrected chi connectivity index (χ4v) is 9.39. The molecule has 0 amide bonds. The maximum Gasteiger partial charge on any atom is 0.143 e. The number of benzene rings is 6. The number of anilines is 6. The van der Waals surface area contributed by atoms with Gasteiger partial charge in [0, 0.05) is 113 Å². The molecule has 0 saturated carbocycles. The number of aromatic hydroxyl groups is 1. The molecular weight excluding hydrogens is 1280 g/mol. The van der Waals surface area contributed by atoms with Crippen LogP contribution in [0.1, 0.15) is 145 Å². The first-order chi connectivity index (χ1) is 39.3. The first-order valence-corrected chi connectivity index (χ1v) is 31.8. The van der Waals surface area contributed by atoms with Crippen LogP contribution in [0.3, 0.4) is 0 Å². The Morgan fingerprint density at radius 3 is 1.02 bits per heavy atom. The first kappa shape index (κ1) is 79.4. The van der Waals surface area contributed by atoms with Crippen molar-refractivity contribution in [2.75, 3.05) is 77.3 Å². The Balaban J connectivity index is 0.000000516. The molecule has 0 spiro atoms. The lowest BCUT2D eigenvalue weighted by atomic mass is 10.0. The number of phenols is 1. The highest BCUT2D eigenvalue weighted by Gasteiger charge is 2.24. The van der Waals surface area contributed by atoms with Gasteiger partial charge in [0.2, 0.25) is 0 Å². The molecular formula is C70H102Br2Cl3F3N6O2. The minimum absolute atomic E-state index is 0.00895. The van der Waals surface area contributed by atoms with Crippen LogP contribution in [-0.2, 0) is 0 Å². The van der Waals surface area contributed by atoms with Gasteiger partial charge in [0.15, 0.2) is 0 Å². The van der Waals surface area contributed by atoms with Crippen LogP contribution < -0.4 is 34.1 Å². The Morgan fingerprint density at radius 2 is 0.686 bits per heavy atom. The summed E-state index contributed by atoms with van der Waals surface area (Å²) in [6, 6.07) is 36.4. The van der Waals surface area contributed by atoms with Crippen LogP contribution in [0.25, 0.3) is 0 Å². The fraction of sp³-hybridized carbons (Fsp3) is 0.486. The molecule has 0 aliphatic heterocycles. The summed E-state index contributed by atoms with van der Waals surface area (Å²) in [4.78, 5) is 13.1. The molecule has 0 aliphatic rings. The maximum absolute atomic E-state index is 13.4. The summed E-state index contributed by atoms with van der Waals surface area (Å²) in [6.45, 7) is 47.3. The van der Waals surface area contributed by atoms with E-state index in [4.69, 9.17) is 44.6 Å². The Hall–Kier alpha value is -4.66. The molecule has 0 aromatic heterocycles. The molecule has 86 heavy (non-hydrogen) atoms. The summed E-state index contributed by atoms with van der Waals surface area (Å²) < 4.78 is 46.3. The average molecular weight is 1380 g/mol. The van der Waals surface area contributed by atoms with Crippen molar-refractivity contribution < 1.29 is 23.0 Å². The average Bonchev–Trinajstić information content (AvgIpc) is 3.25. The van der Waals surface area contributed by atoms with E-state index in [1.165, 1.54) is 17.8 Å².